The van der Waals surface area contributed by atoms with E-state index in [2.05, 4.69) is 47.7 Å². The molecule has 144 valence electrons. The number of aliphatic hydroxyl groups is 2. The quantitative estimate of drug-likeness (QED) is 0.671. The van der Waals surface area contributed by atoms with Crippen LogP contribution in [-0.2, 0) is 9.16 Å². The van der Waals surface area contributed by atoms with E-state index >= 15 is 0 Å². The summed E-state index contributed by atoms with van der Waals surface area (Å²) in [4.78, 5) is 0. The Morgan fingerprint density at radius 1 is 1.29 bits per heavy atom. The highest BCUT2D eigenvalue weighted by atomic mass is 28.4. The highest BCUT2D eigenvalue weighted by Crippen LogP contribution is 2.45. The van der Waals surface area contributed by atoms with Crippen LogP contribution < -0.4 is 0 Å². The molecule has 0 aromatic carbocycles. The largest absolute Gasteiger partial charge is 0.413 e. The molecule has 1 heterocycles. The van der Waals surface area contributed by atoms with Gasteiger partial charge < -0.3 is 19.4 Å². The van der Waals surface area contributed by atoms with Crippen molar-refractivity contribution in [3.63, 3.8) is 0 Å². The van der Waals surface area contributed by atoms with Gasteiger partial charge in [-0.15, -0.1) is 0 Å². The molecule has 2 N–H and O–H groups in total. The number of ether oxygens (including phenoxy) is 1. The fourth-order valence-electron chi connectivity index (χ4n) is 3.12. The molecule has 1 rings (SSSR count). The van der Waals surface area contributed by atoms with Gasteiger partial charge in [0.25, 0.3) is 0 Å². The molecular weight excluding hydrogens is 320 g/mol. The van der Waals surface area contributed by atoms with E-state index in [0.29, 0.717) is 12.8 Å². The maximum atomic E-state index is 10.0. The predicted molar refractivity (Wildman–Crippen MR) is 102 cm³/mol. The van der Waals surface area contributed by atoms with Gasteiger partial charge in [-0.1, -0.05) is 41.5 Å². The van der Waals surface area contributed by atoms with Crippen LogP contribution in [0.25, 0.3) is 0 Å². The van der Waals surface area contributed by atoms with Crippen LogP contribution in [0.4, 0.5) is 0 Å². The second kappa shape index (κ2) is 8.17. The Labute approximate surface area is 150 Å². The van der Waals surface area contributed by atoms with E-state index in [4.69, 9.17) is 9.16 Å². The van der Waals surface area contributed by atoms with Crippen molar-refractivity contribution in [3.05, 3.63) is 0 Å². The fourth-order valence-corrected chi connectivity index (χ4v) is 4.59. The van der Waals surface area contributed by atoms with Gasteiger partial charge in [0.15, 0.2) is 8.32 Å². The molecule has 0 unspecified atom stereocenters. The molecule has 0 aromatic rings. The van der Waals surface area contributed by atoms with E-state index in [1.807, 2.05) is 6.92 Å². The minimum absolute atomic E-state index is 0.000654. The van der Waals surface area contributed by atoms with E-state index < -0.39 is 8.32 Å². The standard InChI is InChI=1S/C19H40O4Si/c1-9-14(21)12-15-13-17(23-24(7,8)18(2,3)4)19(5,6)16(22-15)10-11-20/h14-17,20-21H,9-13H2,1-8H3/t14-,15-,16+,17+/m1/s1. The Morgan fingerprint density at radius 3 is 2.33 bits per heavy atom. The molecule has 24 heavy (non-hydrogen) atoms. The molecule has 4 nitrogen and oxygen atoms in total. The lowest BCUT2D eigenvalue weighted by Crippen LogP contribution is -2.56. The lowest BCUT2D eigenvalue weighted by molar-refractivity contribution is -0.180. The first kappa shape index (κ1) is 22.1. The number of hydrogen-bond donors (Lipinski definition) is 2. The van der Waals surface area contributed by atoms with Gasteiger partial charge in [0.2, 0.25) is 0 Å². The normalized spacial score (nSPS) is 29.5. The van der Waals surface area contributed by atoms with E-state index in [9.17, 15) is 10.2 Å². The monoisotopic (exact) mass is 360 g/mol. The summed E-state index contributed by atoms with van der Waals surface area (Å²) in [6.07, 6.45) is 2.53. The Kier molecular flexibility index (Phi) is 7.52. The summed E-state index contributed by atoms with van der Waals surface area (Å²) in [7, 11) is -1.89. The van der Waals surface area contributed by atoms with E-state index in [1.54, 1.807) is 0 Å². The van der Waals surface area contributed by atoms with Crippen LogP contribution in [-0.4, -0.2) is 49.6 Å². The Hall–Kier alpha value is 0.0569. The summed E-state index contributed by atoms with van der Waals surface area (Å²) in [5, 5.41) is 19.7. The molecule has 1 saturated heterocycles. The molecule has 5 heteroatoms. The molecule has 1 aliphatic heterocycles. The molecule has 0 aromatic heterocycles. The van der Waals surface area contributed by atoms with Gasteiger partial charge in [-0.3, -0.25) is 0 Å². The summed E-state index contributed by atoms with van der Waals surface area (Å²) < 4.78 is 13.0. The van der Waals surface area contributed by atoms with Crippen molar-refractivity contribution in [1.29, 1.82) is 0 Å². The van der Waals surface area contributed by atoms with E-state index in [0.717, 1.165) is 12.8 Å². The van der Waals surface area contributed by atoms with Crippen LogP contribution in [0.5, 0.6) is 0 Å². The van der Waals surface area contributed by atoms with Crippen LogP contribution in [0.1, 0.15) is 67.2 Å². The average molecular weight is 361 g/mol. The summed E-state index contributed by atoms with van der Waals surface area (Å²) in [6.45, 7) is 17.8. The van der Waals surface area contributed by atoms with Gasteiger partial charge in [0, 0.05) is 12.0 Å². The zero-order valence-corrected chi connectivity index (χ0v) is 18.1. The van der Waals surface area contributed by atoms with Crippen LogP contribution in [0.15, 0.2) is 0 Å². The molecule has 0 saturated carbocycles. The van der Waals surface area contributed by atoms with Crippen molar-refractivity contribution in [1.82, 2.24) is 0 Å². The zero-order chi connectivity index (χ0) is 18.8. The number of aliphatic hydroxyl groups excluding tert-OH is 2. The fraction of sp³-hybridized carbons (Fsp3) is 1.00. The van der Waals surface area contributed by atoms with Crippen LogP contribution in [0.3, 0.4) is 0 Å². The Morgan fingerprint density at radius 2 is 1.88 bits per heavy atom. The molecule has 0 aliphatic carbocycles. The lowest BCUT2D eigenvalue weighted by Gasteiger charge is -2.52. The van der Waals surface area contributed by atoms with Crippen molar-refractivity contribution in [3.8, 4) is 0 Å². The van der Waals surface area contributed by atoms with Crippen LogP contribution in [0, 0.1) is 5.41 Å². The van der Waals surface area contributed by atoms with Crippen molar-refractivity contribution in [2.75, 3.05) is 6.61 Å². The molecule has 1 aliphatic rings. The molecule has 0 radical (unpaired) electrons. The number of hydrogen-bond acceptors (Lipinski definition) is 4. The van der Waals surface area contributed by atoms with Crippen LogP contribution >= 0.6 is 0 Å². The van der Waals surface area contributed by atoms with Crippen LogP contribution in [0.2, 0.25) is 18.1 Å². The minimum atomic E-state index is -1.89. The molecule has 4 atom stereocenters. The van der Waals surface area contributed by atoms with Crippen molar-refractivity contribution >= 4 is 8.32 Å². The topological polar surface area (TPSA) is 58.9 Å². The van der Waals surface area contributed by atoms with Crippen molar-refractivity contribution in [2.24, 2.45) is 5.41 Å². The summed E-state index contributed by atoms with van der Waals surface area (Å²) in [5.41, 5.74) is -0.147. The van der Waals surface area contributed by atoms with E-state index in [1.165, 1.54) is 0 Å². The Bertz CT molecular complexity index is 389. The predicted octanol–water partition coefficient (Wildman–Crippen LogP) is 4.10. The molecule has 0 amide bonds. The first-order chi connectivity index (χ1) is 10.8. The SMILES string of the molecule is CC[C@@H](O)C[C@@H]1C[C@H](O[Si](C)(C)C(C)(C)C)C(C)(C)[C@H](CCO)O1. The zero-order valence-electron chi connectivity index (χ0n) is 17.1. The summed E-state index contributed by atoms with van der Waals surface area (Å²) >= 11 is 0. The third kappa shape index (κ3) is 5.28. The highest BCUT2D eigenvalue weighted by molar-refractivity contribution is 6.74. The van der Waals surface area contributed by atoms with Crippen molar-refractivity contribution in [2.45, 2.75) is 110 Å². The third-order valence-electron chi connectivity index (χ3n) is 6.13. The smallest absolute Gasteiger partial charge is 0.192 e. The first-order valence-corrected chi connectivity index (χ1v) is 12.4. The van der Waals surface area contributed by atoms with Gasteiger partial charge in [-0.2, -0.15) is 0 Å². The molecule has 0 bridgehead atoms. The van der Waals surface area contributed by atoms with Gasteiger partial charge in [-0.05, 0) is 43.8 Å². The molecular formula is C19H40O4Si. The maximum Gasteiger partial charge on any atom is 0.192 e. The van der Waals surface area contributed by atoms with Gasteiger partial charge in [0.05, 0.1) is 24.4 Å². The van der Waals surface area contributed by atoms with Crippen molar-refractivity contribution < 1.29 is 19.4 Å². The third-order valence-corrected chi connectivity index (χ3v) is 10.6. The van der Waals surface area contributed by atoms with Gasteiger partial charge >= 0.3 is 0 Å². The van der Waals surface area contributed by atoms with Gasteiger partial charge in [-0.25, -0.2) is 0 Å². The maximum absolute atomic E-state index is 10.0. The minimum Gasteiger partial charge on any atom is -0.413 e. The average Bonchev–Trinajstić information content (AvgIpc) is 2.42. The summed E-state index contributed by atoms with van der Waals surface area (Å²) in [5.74, 6) is 0. The Balaban J connectivity index is 2.99. The van der Waals surface area contributed by atoms with E-state index in [-0.39, 0.29) is 41.5 Å². The lowest BCUT2D eigenvalue weighted by atomic mass is 9.74. The summed E-state index contributed by atoms with van der Waals surface area (Å²) in [6, 6.07) is 0. The number of rotatable bonds is 7. The second-order valence-electron chi connectivity index (χ2n) is 9.48. The highest BCUT2D eigenvalue weighted by Gasteiger charge is 2.49. The first-order valence-electron chi connectivity index (χ1n) is 9.47. The second-order valence-corrected chi connectivity index (χ2v) is 14.2. The molecule has 1 fully saturated rings. The molecule has 0 spiro atoms. The van der Waals surface area contributed by atoms with Gasteiger partial charge in [0.1, 0.15) is 0 Å².